The van der Waals surface area contributed by atoms with Crippen molar-refractivity contribution in [2.75, 3.05) is 25.6 Å². The number of likely N-dealkylation sites (tertiary alicyclic amines) is 1. The van der Waals surface area contributed by atoms with Gasteiger partial charge in [-0.3, -0.25) is 4.90 Å². The Labute approximate surface area is 164 Å². The zero-order chi connectivity index (χ0) is 19.3. The van der Waals surface area contributed by atoms with E-state index in [1.807, 2.05) is 30.5 Å². The predicted octanol–water partition coefficient (Wildman–Crippen LogP) is 3.79. The summed E-state index contributed by atoms with van der Waals surface area (Å²) in [5.74, 6) is 2.99. The van der Waals surface area contributed by atoms with Crippen molar-refractivity contribution >= 4 is 11.3 Å². The smallest absolute Gasteiger partial charge is 0.231 e. The summed E-state index contributed by atoms with van der Waals surface area (Å²) in [6.07, 6.45) is 3.27. The fourth-order valence-electron chi connectivity index (χ4n) is 4.67. The van der Waals surface area contributed by atoms with E-state index >= 15 is 0 Å². The van der Waals surface area contributed by atoms with Crippen molar-refractivity contribution in [3.63, 3.8) is 0 Å². The molecule has 4 heterocycles. The van der Waals surface area contributed by atoms with E-state index < -0.39 is 0 Å². The molecular formula is C22H26N4O2. The Balaban J connectivity index is 1.59. The van der Waals surface area contributed by atoms with E-state index in [2.05, 4.69) is 29.2 Å². The molecule has 6 nitrogen and oxygen atoms in total. The lowest BCUT2D eigenvalue weighted by atomic mass is 9.92. The summed E-state index contributed by atoms with van der Waals surface area (Å²) < 4.78 is 13.2. The van der Waals surface area contributed by atoms with Crippen molar-refractivity contribution < 1.29 is 9.47 Å². The Morgan fingerprint density at radius 2 is 1.86 bits per heavy atom. The number of imidazole rings is 1. The highest BCUT2D eigenvalue weighted by Crippen LogP contribution is 2.37. The summed E-state index contributed by atoms with van der Waals surface area (Å²) in [4.78, 5) is 7.48. The first-order chi connectivity index (χ1) is 13.6. The molecule has 2 atom stereocenters. The number of rotatable bonds is 3. The maximum atomic E-state index is 6.09. The van der Waals surface area contributed by atoms with Gasteiger partial charge in [0.15, 0.2) is 11.5 Å². The third kappa shape index (κ3) is 3.07. The maximum absolute atomic E-state index is 6.09. The summed E-state index contributed by atoms with van der Waals surface area (Å²) in [6, 6.07) is 9.93. The van der Waals surface area contributed by atoms with Gasteiger partial charge in [-0.05, 0) is 48.6 Å². The van der Waals surface area contributed by atoms with Crippen LogP contribution in [0.15, 0.2) is 36.5 Å². The minimum absolute atomic E-state index is 0.275. The van der Waals surface area contributed by atoms with Crippen LogP contribution in [0.25, 0.3) is 16.9 Å². The Kier molecular flexibility index (Phi) is 4.16. The van der Waals surface area contributed by atoms with Crippen LogP contribution in [0, 0.1) is 11.8 Å². The monoisotopic (exact) mass is 378 g/mol. The highest BCUT2D eigenvalue weighted by atomic mass is 16.7. The van der Waals surface area contributed by atoms with E-state index in [4.69, 9.17) is 20.2 Å². The number of fused-ring (bicyclic) bond motifs is 2. The molecule has 0 bridgehead atoms. The topological polar surface area (TPSA) is 65.0 Å². The predicted molar refractivity (Wildman–Crippen MR) is 109 cm³/mol. The lowest BCUT2D eigenvalue weighted by Gasteiger charge is -2.35. The molecule has 1 fully saturated rings. The van der Waals surface area contributed by atoms with Crippen molar-refractivity contribution in [1.82, 2.24) is 14.3 Å². The number of aromatic nitrogens is 2. The number of pyridine rings is 1. The number of hydrogen-bond donors (Lipinski definition) is 1. The van der Waals surface area contributed by atoms with Crippen LogP contribution in [0.4, 0.5) is 5.69 Å². The molecule has 0 amide bonds. The molecule has 0 radical (unpaired) electrons. The van der Waals surface area contributed by atoms with Crippen LogP contribution in [-0.2, 0) is 6.54 Å². The normalized spacial score (nSPS) is 22.1. The van der Waals surface area contributed by atoms with Crippen LogP contribution >= 0.6 is 0 Å². The molecule has 1 aromatic carbocycles. The molecule has 146 valence electrons. The summed E-state index contributed by atoms with van der Waals surface area (Å²) in [5, 5.41) is 0. The first-order valence-electron chi connectivity index (χ1n) is 9.95. The number of hydrogen-bond acceptors (Lipinski definition) is 5. The van der Waals surface area contributed by atoms with E-state index in [1.54, 1.807) is 0 Å². The molecule has 5 rings (SSSR count). The molecule has 0 aliphatic carbocycles. The molecule has 2 aliphatic heterocycles. The molecule has 0 saturated carbocycles. The number of anilines is 1. The van der Waals surface area contributed by atoms with Crippen LogP contribution in [0.1, 0.15) is 26.0 Å². The second kappa shape index (κ2) is 6.71. The first-order valence-corrected chi connectivity index (χ1v) is 9.95. The average molecular weight is 378 g/mol. The minimum Gasteiger partial charge on any atom is -0.454 e. The first kappa shape index (κ1) is 17.4. The fourth-order valence-corrected chi connectivity index (χ4v) is 4.67. The largest absolute Gasteiger partial charge is 0.454 e. The van der Waals surface area contributed by atoms with Crippen LogP contribution in [0.3, 0.4) is 0 Å². The highest BCUT2D eigenvalue weighted by molar-refractivity contribution is 5.70. The zero-order valence-electron chi connectivity index (χ0n) is 16.4. The number of nitrogens with two attached hydrogens (primary N) is 1. The van der Waals surface area contributed by atoms with Gasteiger partial charge in [-0.1, -0.05) is 13.8 Å². The Hall–Kier alpha value is -2.73. The van der Waals surface area contributed by atoms with E-state index in [-0.39, 0.29) is 6.79 Å². The van der Waals surface area contributed by atoms with Crippen LogP contribution in [0.2, 0.25) is 0 Å². The molecule has 0 spiro atoms. The van der Waals surface area contributed by atoms with Gasteiger partial charge in [0.1, 0.15) is 5.65 Å². The van der Waals surface area contributed by atoms with Gasteiger partial charge in [0, 0.05) is 37.1 Å². The van der Waals surface area contributed by atoms with Crippen molar-refractivity contribution in [1.29, 1.82) is 0 Å². The van der Waals surface area contributed by atoms with Gasteiger partial charge in [-0.2, -0.15) is 0 Å². The maximum Gasteiger partial charge on any atom is 0.231 e. The van der Waals surface area contributed by atoms with Crippen molar-refractivity contribution in [2.24, 2.45) is 11.8 Å². The van der Waals surface area contributed by atoms with Gasteiger partial charge in [-0.15, -0.1) is 0 Å². The lowest BCUT2D eigenvalue weighted by molar-refractivity contribution is 0.133. The van der Waals surface area contributed by atoms with Gasteiger partial charge >= 0.3 is 0 Å². The van der Waals surface area contributed by atoms with Crippen molar-refractivity contribution in [2.45, 2.75) is 26.8 Å². The van der Waals surface area contributed by atoms with Gasteiger partial charge in [0.25, 0.3) is 0 Å². The summed E-state index contributed by atoms with van der Waals surface area (Å²) in [7, 11) is 0. The van der Waals surface area contributed by atoms with Crippen LogP contribution in [-0.4, -0.2) is 34.2 Å². The Morgan fingerprint density at radius 1 is 1.07 bits per heavy atom. The third-order valence-corrected chi connectivity index (χ3v) is 5.70. The second-order valence-electron chi connectivity index (χ2n) is 8.31. The molecular weight excluding hydrogens is 352 g/mol. The molecule has 28 heavy (non-hydrogen) atoms. The molecule has 2 N–H and O–H groups in total. The molecule has 2 aliphatic rings. The number of nitrogens with zero attached hydrogens (tertiary/aromatic N) is 3. The van der Waals surface area contributed by atoms with Gasteiger partial charge in [-0.25, -0.2) is 4.98 Å². The van der Waals surface area contributed by atoms with E-state index in [0.29, 0.717) is 11.8 Å². The van der Waals surface area contributed by atoms with Gasteiger partial charge in [0.2, 0.25) is 6.79 Å². The molecule has 3 aromatic rings. The van der Waals surface area contributed by atoms with Gasteiger partial charge in [0.05, 0.1) is 11.4 Å². The summed E-state index contributed by atoms with van der Waals surface area (Å²) >= 11 is 0. The Bertz CT molecular complexity index is 1020. The van der Waals surface area contributed by atoms with Gasteiger partial charge < -0.3 is 19.6 Å². The standard InChI is InChI=1S/C22H26N4O2/c1-14-7-15(2)10-25(9-14)12-18-22(24-21-6-4-17(23)11-26(18)21)16-3-5-19-20(8-16)28-13-27-19/h3-6,8,11,14-15H,7,9-10,12-13,23H2,1-2H3. The third-order valence-electron chi connectivity index (χ3n) is 5.70. The second-order valence-corrected chi connectivity index (χ2v) is 8.31. The molecule has 2 aromatic heterocycles. The number of nitrogen functional groups attached to an aromatic ring is 1. The average Bonchev–Trinajstić information content (AvgIpc) is 3.25. The van der Waals surface area contributed by atoms with E-state index in [1.165, 1.54) is 12.1 Å². The highest BCUT2D eigenvalue weighted by Gasteiger charge is 2.25. The zero-order valence-corrected chi connectivity index (χ0v) is 16.4. The quantitative estimate of drug-likeness (QED) is 0.751. The van der Waals surface area contributed by atoms with Crippen molar-refractivity contribution in [3.05, 3.63) is 42.2 Å². The Morgan fingerprint density at radius 3 is 2.68 bits per heavy atom. The van der Waals surface area contributed by atoms with E-state index in [0.717, 1.165) is 53.7 Å². The van der Waals surface area contributed by atoms with Crippen LogP contribution < -0.4 is 15.2 Å². The number of ether oxygens (including phenoxy) is 2. The van der Waals surface area contributed by atoms with Crippen molar-refractivity contribution in [3.8, 4) is 22.8 Å². The number of piperidine rings is 1. The molecule has 1 saturated heterocycles. The van der Waals surface area contributed by atoms with Crippen LogP contribution in [0.5, 0.6) is 11.5 Å². The fraction of sp³-hybridized carbons (Fsp3) is 0.409. The SMILES string of the molecule is CC1CC(C)CN(Cc2c(-c3ccc4c(c3)OCO4)nc3ccc(N)cn23)C1. The molecule has 2 unspecified atom stereocenters. The summed E-state index contributed by atoms with van der Waals surface area (Å²) in [6.45, 7) is 8.03. The summed E-state index contributed by atoms with van der Waals surface area (Å²) in [5.41, 5.74) is 10.9. The molecule has 6 heteroatoms. The number of benzene rings is 1. The van der Waals surface area contributed by atoms with E-state index in [9.17, 15) is 0 Å². The minimum atomic E-state index is 0.275. The lowest BCUT2D eigenvalue weighted by Crippen LogP contribution is -2.38.